The minimum absolute atomic E-state index is 0.0345. The van der Waals surface area contributed by atoms with Gasteiger partial charge in [-0.05, 0) is 24.1 Å². The second-order valence-electron chi connectivity index (χ2n) is 4.70. The summed E-state index contributed by atoms with van der Waals surface area (Å²) in [5.74, 6) is 0.0345. The number of carbonyl (C=O) groups excluding carboxylic acids is 1. The Morgan fingerprint density at radius 3 is 2.41 bits per heavy atom. The number of benzene rings is 1. The Hall–Kier alpha value is -3.30. The normalized spacial score (nSPS) is 8.86. The molecule has 0 spiro atoms. The Labute approximate surface area is 129 Å². The molecule has 6 heteroatoms. The van der Waals surface area contributed by atoms with Crippen LogP contribution in [0.5, 0.6) is 0 Å². The summed E-state index contributed by atoms with van der Waals surface area (Å²) in [5, 5.41) is 29.4. The van der Waals surface area contributed by atoms with E-state index in [1.165, 1.54) is 4.90 Å². The lowest BCUT2D eigenvalue weighted by Crippen LogP contribution is -2.21. The first kappa shape index (κ1) is 16.8. The van der Waals surface area contributed by atoms with E-state index in [-0.39, 0.29) is 17.2 Å². The standard InChI is InChI=1S/C16H15N5O/c1-21(2)16(22)7-6-12-4-3-5-14(8-12)20-15(11-19)13(9-17)10-18/h3-5,8,20H,6-7H2,1-2H3. The first-order chi connectivity index (χ1) is 10.5. The van der Waals surface area contributed by atoms with Crippen molar-refractivity contribution in [2.45, 2.75) is 12.8 Å². The van der Waals surface area contributed by atoms with E-state index in [2.05, 4.69) is 5.32 Å². The monoisotopic (exact) mass is 293 g/mol. The highest BCUT2D eigenvalue weighted by atomic mass is 16.2. The maximum absolute atomic E-state index is 11.6. The van der Waals surface area contributed by atoms with E-state index < -0.39 is 0 Å². The number of nitriles is 3. The molecular weight excluding hydrogens is 278 g/mol. The van der Waals surface area contributed by atoms with Gasteiger partial charge in [-0.25, -0.2) is 0 Å². The fourth-order valence-corrected chi connectivity index (χ4v) is 1.71. The number of allylic oxidation sites excluding steroid dienone is 2. The molecule has 6 nitrogen and oxygen atoms in total. The third kappa shape index (κ3) is 4.67. The smallest absolute Gasteiger partial charge is 0.222 e. The molecule has 0 aliphatic heterocycles. The summed E-state index contributed by atoms with van der Waals surface area (Å²) in [4.78, 5) is 13.1. The van der Waals surface area contributed by atoms with Gasteiger partial charge in [-0.15, -0.1) is 0 Å². The fourth-order valence-electron chi connectivity index (χ4n) is 1.71. The van der Waals surface area contributed by atoms with Crippen molar-refractivity contribution >= 4 is 11.6 Å². The molecule has 22 heavy (non-hydrogen) atoms. The zero-order valence-corrected chi connectivity index (χ0v) is 12.4. The summed E-state index contributed by atoms with van der Waals surface area (Å²) in [5.41, 5.74) is 1.16. The van der Waals surface area contributed by atoms with Crippen molar-refractivity contribution in [3.8, 4) is 18.2 Å². The number of aryl methyl sites for hydroxylation is 1. The fraction of sp³-hybridized carbons (Fsp3) is 0.250. The van der Waals surface area contributed by atoms with Crippen LogP contribution in [0.4, 0.5) is 5.69 Å². The zero-order valence-electron chi connectivity index (χ0n) is 12.4. The van der Waals surface area contributed by atoms with Gasteiger partial charge in [0.2, 0.25) is 5.91 Å². The predicted molar refractivity (Wildman–Crippen MR) is 80.9 cm³/mol. The lowest BCUT2D eigenvalue weighted by Gasteiger charge is -2.11. The van der Waals surface area contributed by atoms with Crippen LogP contribution in [0.2, 0.25) is 0 Å². The Kier molecular flexibility index (Phi) is 6.16. The van der Waals surface area contributed by atoms with Gasteiger partial charge in [0.1, 0.15) is 23.9 Å². The highest BCUT2D eigenvalue weighted by molar-refractivity contribution is 5.75. The van der Waals surface area contributed by atoms with E-state index >= 15 is 0 Å². The van der Waals surface area contributed by atoms with Gasteiger partial charge in [-0.2, -0.15) is 15.8 Å². The number of amides is 1. The topological polar surface area (TPSA) is 104 Å². The van der Waals surface area contributed by atoms with Crippen LogP contribution >= 0.6 is 0 Å². The summed E-state index contributed by atoms with van der Waals surface area (Å²) in [6.07, 6.45) is 0.959. The molecule has 110 valence electrons. The first-order valence-electron chi connectivity index (χ1n) is 6.52. The molecule has 0 saturated heterocycles. The molecule has 0 aliphatic rings. The Morgan fingerprint density at radius 1 is 1.18 bits per heavy atom. The Morgan fingerprint density at radius 2 is 1.86 bits per heavy atom. The minimum atomic E-state index is -0.268. The van der Waals surface area contributed by atoms with Crippen molar-refractivity contribution in [2.75, 3.05) is 19.4 Å². The van der Waals surface area contributed by atoms with Crippen molar-refractivity contribution in [1.29, 1.82) is 15.8 Å². The summed E-state index contributed by atoms with van der Waals surface area (Å²) in [6, 6.07) is 12.3. The number of nitrogens with one attached hydrogen (secondary N) is 1. The lowest BCUT2D eigenvalue weighted by atomic mass is 10.1. The van der Waals surface area contributed by atoms with Crippen LogP contribution in [-0.2, 0) is 11.2 Å². The quantitative estimate of drug-likeness (QED) is 0.835. The first-order valence-corrected chi connectivity index (χ1v) is 6.52. The molecule has 1 amide bonds. The van der Waals surface area contributed by atoms with Gasteiger partial charge in [0.05, 0.1) is 0 Å². The molecule has 1 rings (SSSR count). The summed E-state index contributed by atoms with van der Waals surface area (Å²) >= 11 is 0. The number of rotatable bonds is 5. The number of nitrogens with zero attached hydrogens (tertiary/aromatic N) is 4. The van der Waals surface area contributed by atoms with Gasteiger partial charge in [-0.3, -0.25) is 4.79 Å². The van der Waals surface area contributed by atoms with Gasteiger partial charge in [0.15, 0.2) is 5.57 Å². The predicted octanol–water partition coefficient (Wildman–Crippen LogP) is 1.94. The van der Waals surface area contributed by atoms with E-state index in [4.69, 9.17) is 15.8 Å². The van der Waals surface area contributed by atoms with E-state index in [1.54, 1.807) is 50.5 Å². The van der Waals surface area contributed by atoms with Crippen LogP contribution in [0.15, 0.2) is 35.5 Å². The summed E-state index contributed by atoms with van der Waals surface area (Å²) < 4.78 is 0. The number of hydrogen-bond acceptors (Lipinski definition) is 5. The average Bonchev–Trinajstić information content (AvgIpc) is 2.52. The molecule has 0 radical (unpaired) electrons. The van der Waals surface area contributed by atoms with Crippen LogP contribution < -0.4 is 5.32 Å². The molecule has 0 aromatic heterocycles. The summed E-state index contributed by atoms with van der Waals surface area (Å²) in [7, 11) is 3.41. The Balaban J connectivity index is 2.88. The van der Waals surface area contributed by atoms with Crippen molar-refractivity contribution in [3.63, 3.8) is 0 Å². The van der Waals surface area contributed by atoms with Crippen LogP contribution in [0, 0.1) is 34.0 Å². The van der Waals surface area contributed by atoms with Gasteiger partial charge >= 0.3 is 0 Å². The largest absolute Gasteiger partial charge is 0.349 e. The molecule has 0 atom stereocenters. The second kappa shape index (κ2) is 8.09. The molecule has 0 aliphatic carbocycles. The molecule has 0 unspecified atom stereocenters. The third-order valence-corrected chi connectivity index (χ3v) is 2.91. The molecule has 1 aromatic carbocycles. The number of carbonyl (C=O) groups is 1. The highest BCUT2D eigenvalue weighted by Crippen LogP contribution is 2.15. The van der Waals surface area contributed by atoms with Gasteiger partial charge < -0.3 is 10.2 Å². The maximum atomic E-state index is 11.6. The Bertz CT molecular complexity index is 697. The van der Waals surface area contributed by atoms with Crippen LogP contribution in [0.3, 0.4) is 0 Å². The van der Waals surface area contributed by atoms with E-state index in [0.29, 0.717) is 18.5 Å². The average molecular weight is 293 g/mol. The van der Waals surface area contributed by atoms with Gasteiger partial charge in [0, 0.05) is 26.2 Å². The van der Waals surface area contributed by atoms with Crippen LogP contribution in [0.1, 0.15) is 12.0 Å². The summed E-state index contributed by atoms with van der Waals surface area (Å²) in [6.45, 7) is 0. The minimum Gasteiger partial charge on any atom is -0.349 e. The van der Waals surface area contributed by atoms with Crippen molar-refractivity contribution in [2.24, 2.45) is 0 Å². The second-order valence-corrected chi connectivity index (χ2v) is 4.70. The van der Waals surface area contributed by atoms with Gasteiger partial charge in [0.25, 0.3) is 0 Å². The van der Waals surface area contributed by atoms with Crippen LogP contribution in [0.25, 0.3) is 0 Å². The zero-order chi connectivity index (χ0) is 16.5. The van der Waals surface area contributed by atoms with E-state index in [9.17, 15) is 4.79 Å². The van der Waals surface area contributed by atoms with Crippen LogP contribution in [-0.4, -0.2) is 24.9 Å². The molecule has 1 N–H and O–H groups in total. The SMILES string of the molecule is CN(C)C(=O)CCc1cccc(NC(C#N)=C(C#N)C#N)c1. The van der Waals surface area contributed by atoms with Crippen molar-refractivity contribution in [3.05, 3.63) is 41.1 Å². The molecular formula is C16H15N5O. The lowest BCUT2D eigenvalue weighted by molar-refractivity contribution is -0.128. The molecule has 0 fully saturated rings. The molecule has 0 saturated carbocycles. The van der Waals surface area contributed by atoms with E-state index in [1.807, 2.05) is 6.07 Å². The highest BCUT2D eigenvalue weighted by Gasteiger charge is 2.08. The number of hydrogen-bond donors (Lipinski definition) is 1. The molecule has 0 bridgehead atoms. The maximum Gasteiger partial charge on any atom is 0.222 e. The number of anilines is 1. The van der Waals surface area contributed by atoms with E-state index in [0.717, 1.165) is 5.56 Å². The molecule has 0 heterocycles. The molecule has 1 aromatic rings. The third-order valence-electron chi connectivity index (χ3n) is 2.91. The van der Waals surface area contributed by atoms with Crippen molar-refractivity contribution in [1.82, 2.24) is 4.90 Å². The van der Waals surface area contributed by atoms with Gasteiger partial charge in [-0.1, -0.05) is 12.1 Å². The van der Waals surface area contributed by atoms with Crippen molar-refractivity contribution < 1.29 is 4.79 Å².